The van der Waals surface area contributed by atoms with Crippen molar-refractivity contribution in [2.75, 3.05) is 6.61 Å². The minimum Gasteiger partial charge on any atom is -0.481 e. The lowest BCUT2D eigenvalue weighted by molar-refractivity contribution is -0.181. The Kier molecular flexibility index (Phi) is 12.6. The zero-order valence-electron chi connectivity index (χ0n) is 19.9. The van der Waals surface area contributed by atoms with Crippen LogP contribution in [0.4, 0.5) is 0 Å². The second-order valence-electron chi connectivity index (χ2n) is 9.28. The van der Waals surface area contributed by atoms with Crippen molar-refractivity contribution in [2.45, 2.75) is 96.9 Å². The standard InChI is InChI=1S/C27H42O5/c1-3-4-11-21(2)20-23(32-27-14-9-10-19-31-27)16-17-24-22(15-18-25(24)28)12-7-5-6-8-13-26(29)30/h5,7,15-18,21-24,27H,3-4,6,8-14,19-20H2,1-2H3,(H,29,30)/b7-5-,17-16+/t21-,22+,23+,24-,27?/m1/s1. The van der Waals surface area contributed by atoms with Gasteiger partial charge in [0.1, 0.15) is 0 Å². The van der Waals surface area contributed by atoms with Crippen LogP contribution in [0.25, 0.3) is 0 Å². The van der Waals surface area contributed by atoms with Gasteiger partial charge in [0.25, 0.3) is 0 Å². The average molecular weight is 447 g/mol. The molecule has 32 heavy (non-hydrogen) atoms. The number of carbonyl (C=O) groups excluding carboxylic acids is 1. The average Bonchev–Trinajstić information content (AvgIpc) is 3.12. The molecule has 1 N–H and O–H groups in total. The Morgan fingerprint density at radius 3 is 2.88 bits per heavy atom. The molecule has 5 heteroatoms. The zero-order chi connectivity index (χ0) is 23.2. The molecule has 1 unspecified atom stereocenters. The van der Waals surface area contributed by atoms with Crippen LogP contribution in [0, 0.1) is 17.8 Å². The minimum atomic E-state index is -0.757. The van der Waals surface area contributed by atoms with Gasteiger partial charge in [0.15, 0.2) is 12.1 Å². The number of rotatable bonds is 15. The number of hydrogen-bond acceptors (Lipinski definition) is 4. The molecule has 1 fully saturated rings. The monoisotopic (exact) mass is 446 g/mol. The summed E-state index contributed by atoms with van der Waals surface area (Å²) in [4.78, 5) is 23.1. The van der Waals surface area contributed by atoms with Gasteiger partial charge in [0, 0.05) is 18.9 Å². The molecule has 0 amide bonds. The number of carboxylic acid groups (broad SMARTS) is 1. The molecule has 180 valence electrons. The lowest BCUT2D eigenvalue weighted by Gasteiger charge is -2.28. The lowest BCUT2D eigenvalue weighted by atomic mass is 9.90. The van der Waals surface area contributed by atoms with Crippen molar-refractivity contribution < 1.29 is 24.2 Å². The van der Waals surface area contributed by atoms with Gasteiger partial charge in [-0.05, 0) is 62.9 Å². The van der Waals surface area contributed by atoms with E-state index in [1.165, 1.54) is 19.3 Å². The molecule has 1 saturated heterocycles. The highest BCUT2D eigenvalue weighted by Gasteiger charge is 2.28. The topological polar surface area (TPSA) is 72.8 Å². The van der Waals surface area contributed by atoms with E-state index in [0.717, 1.165) is 45.1 Å². The maximum Gasteiger partial charge on any atom is 0.303 e. The summed E-state index contributed by atoms with van der Waals surface area (Å²) in [5.41, 5.74) is 0. The van der Waals surface area contributed by atoms with E-state index in [1.54, 1.807) is 6.08 Å². The summed E-state index contributed by atoms with van der Waals surface area (Å²) in [6.07, 6.45) is 21.9. The molecule has 1 aliphatic carbocycles. The molecule has 2 rings (SSSR count). The van der Waals surface area contributed by atoms with Crippen molar-refractivity contribution in [1.82, 2.24) is 0 Å². The third-order valence-electron chi connectivity index (χ3n) is 6.32. The fourth-order valence-corrected chi connectivity index (χ4v) is 4.37. The number of carbonyl (C=O) groups is 2. The molecule has 2 aliphatic rings. The molecular formula is C27H42O5. The van der Waals surface area contributed by atoms with E-state index in [1.807, 2.05) is 18.2 Å². The second kappa shape index (κ2) is 15.2. The van der Waals surface area contributed by atoms with Crippen molar-refractivity contribution in [3.05, 3.63) is 36.5 Å². The highest BCUT2D eigenvalue weighted by Crippen LogP contribution is 2.29. The Hall–Kier alpha value is -1.72. The van der Waals surface area contributed by atoms with Crippen LogP contribution in [0.3, 0.4) is 0 Å². The van der Waals surface area contributed by atoms with Crippen molar-refractivity contribution in [3.8, 4) is 0 Å². The Morgan fingerprint density at radius 2 is 2.16 bits per heavy atom. The summed E-state index contributed by atoms with van der Waals surface area (Å²) in [6.45, 7) is 5.26. The van der Waals surface area contributed by atoms with Crippen molar-refractivity contribution in [3.63, 3.8) is 0 Å². The normalized spacial score (nSPS) is 25.7. The Morgan fingerprint density at radius 1 is 1.31 bits per heavy atom. The van der Waals surface area contributed by atoms with Crippen molar-refractivity contribution >= 4 is 11.8 Å². The number of aliphatic carboxylic acids is 1. The summed E-state index contributed by atoms with van der Waals surface area (Å²) < 4.78 is 12.1. The largest absolute Gasteiger partial charge is 0.481 e. The number of hydrogen-bond donors (Lipinski definition) is 1. The molecule has 0 aromatic carbocycles. The number of ether oxygens (including phenoxy) is 2. The Bertz CT molecular complexity index is 644. The zero-order valence-corrected chi connectivity index (χ0v) is 19.9. The molecule has 1 aliphatic heterocycles. The summed E-state index contributed by atoms with van der Waals surface area (Å²) in [5.74, 6) is -0.0405. The SMILES string of the molecule is CCCC[C@@H](C)C[C@H](/C=C/[C@H]1C(=O)C=C[C@@H]1C/C=C\CCCC(=O)O)OC1CCCCO1. The predicted molar refractivity (Wildman–Crippen MR) is 127 cm³/mol. The molecule has 0 radical (unpaired) electrons. The van der Waals surface area contributed by atoms with Gasteiger partial charge in [-0.1, -0.05) is 63.5 Å². The van der Waals surface area contributed by atoms with Gasteiger partial charge in [-0.25, -0.2) is 0 Å². The summed E-state index contributed by atoms with van der Waals surface area (Å²) in [6, 6.07) is 0. The van der Waals surface area contributed by atoms with Gasteiger partial charge in [0.2, 0.25) is 0 Å². The van der Waals surface area contributed by atoms with Gasteiger partial charge in [-0.2, -0.15) is 0 Å². The first-order chi connectivity index (χ1) is 15.5. The molecule has 1 heterocycles. The maximum atomic E-state index is 12.5. The van der Waals surface area contributed by atoms with Gasteiger partial charge in [0.05, 0.1) is 6.10 Å². The fraction of sp³-hybridized carbons (Fsp3) is 0.704. The maximum absolute atomic E-state index is 12.5. The highest BCUT2D eigenvalue weighted by atomic mass is 16.7. The van der Waals surface area contributed by atoms with Gasteiger partial charge < -0.3 is 14.6 Å². The van der Waals surface area contributed by atoms with Crippen molar-refractivity contribution in [1.29, 1.82) is 0 Å². The molecular weight excluding hydrogens is 404 g/mol. The number of allylic oxidation sites excluding steroid dienone is 5. The van der Waals surface area contributed by atoms with Crippen LogP contribution in [-0.4, -0.2) is 35.9 Å². The van der Waals surface area contributed by atoms with Crippen LogP contribution < -0.4 is 0 Å². The molecule has 0 bridgehead atoms. The van der Waals surface area contributed by atoms with Crippen LogP contribution >= 0.6 is 0 Å². The number of unbranched alkanes of at least 4 members (excludes halogenated alkanes) is 2. The second-order valence-corrected chi connectivity index (χ2v) is 9.28. The third kappa shape index (κ3) is 10.3. The molecule has 0 saturated carbocycles. The highest BCUT2D eigenvalue weighted by molar-refractivity contribution is 5.95. The lowest BCUT2D eigenvalue weighted by Crippen LogP contribution is -2.28. The molecule has 5 nitrogen and oxygen atoms in total. The fourth-order valence-electron chi connectivity index (χ4n) is 4.37. The van der Waals surface area contributed by atoms with E-state index in [2.05, 4.69) is 26.0 Å². The molecule has 0 aromatic heterocycles. The van der Waals surface area contributed by atoms with E-state index in [9.17, 15) is 9.59 Å². The van der Waals surface area contributed by atoms with Gasteiger partial charge in [-0.15, -0.1) is 0 Å². The van der Waals surface area contributed by atoms with Crippen LogP contribution in [-0.2, 0) is 19.1 Å². The molecule has 0 aromatic rings. The van der Waals surface area contributed by atoms with E-state index < -0.39 is 5.97 Å². The number of ketones is 1. The Labute approximate surface area is 193 Å². The van der Waals surface area contributed by atoms with Crippen LogP contribution in [0.2, 0.25) is 0 Å². The van der Waals surface area contributed by atoms with Crippen LogP contribution in [0.1, 0.15) is 84.5 Å². The first kappa shape index (κ1) is 26.5. The van der Waals surface area contributed by atoms with Crippen LogP contribution in [0.5, 0.6) is 0 Å². The number of carboxylic acids is 1. The van der Waals surface area contributed by atoms with Gasteiger partial charge in [-0.3, -0.25) is 9.59 Å². The Balaban J connectivity index is 1.92. The first-order valence-corrected chi connectivity index (χ1v) is 12.5. The quantitative estimate of drug-likeness (QED) is 0.238. The van der Waals surface area contributed by atoms with Crippen molar-refractivity contribution in [2.24, 2.45) is 17.8 Å². The summed E-state index contributed by atoms with van der Waals surface area (Å²) in [7, 11) is 0. The minimum absolute atomic E-state index is 0.0365. The van der Waals surface area contributed by atoms with E-state index in [-0.39, 0.29) is 36.4 Å². The summed E-state index contributed by atoms with van der Waals surface area (Å²) in [5, 5.41) is 8.71. The van der Waals surface area contributed by atoms with E-state index >= 15 is 0 Å². The van der Waals surface area contributed by atoms with E-state index in [4.69, 9.17) is 14.6 Å². The van der Waals surface area contributed by atoms with E-state index in [0.29, 0.717) is 12.3 Å². The van der Waals surface area contributed by atoms with Crippen LogP contribution in [0.15, 0.2) is 36.5 Å². The van der Waals surface area contributed by atoms with Gasteiger partial charge >= 0.3 is 5.97 Å². The predicted octanol–water partition coefficient (Wildman–Crippen LogP) is 6.24. The smallest absolute Gasteiger partial charge is 0.303 e. The summed E-state index contributed by atoms with van der Waals surface area (Å²) >= 11 is 0. The first-order valence-electron chi connectivity index (χ1n) is 12.5. The molecule has 0 spiro atoms. The third-order valence-corrected chi connectivity index (χ3v) is 6.32. The molecule has 5 atom stereocenters.